The molecule has 40 heavy (non-hydrogen) atoms. The molecule has 0 aliphatic rings. The van der Waals surface area contributed by atoms with Gasteiger partial charge in [-0.3, -0.25) is 9.29 Å². The number of hydrogen-bond acceptors (Lipinski definition) is 9. The lowest BCUT2D eigenvalue weighted by atomic mass is 10.0. The van der Waals surface area contributed by atoms with Gasteiger partial charge in [0, 0.05) is 30.1 Å². The number of ether oxygens (including phenoxy) is 1. The van der Waals surface area contributed by atoms with Crippen LogP contribution >= 0.6 is 11.3 Å². The number of hydrogen-bond donors (Lipinski definition) is 3. The minimum atomic E-state index is -4.17. The molecule has 0 aliphatic carbocycles. The van der Waals surface area contributed by atoms with Gasteiger partial charge in [0.05, 0.1) is 16.4 Å². The van der Waals surface area contributed by atoms with Crippen molar-refractivity contribution in [2.45, 2.75) is 50.7 Å². The molecule has 0 saturated heterocycles. The molecule has 1 unspecified atom stereocenters. The van der Waals surface area contributed by atoms with Crippen molar-refractivity contribution in [2.24, 2.45) is 0 Å². The van der Waals surface area contributed by atoms with Crippen molar-refractivity contribution in [2.75, 3.05) is 17.9 Å². The third kappa shape index (κ3) is 6.87. The molecule has 214 valence electrons. The van der Waals surface area contributed by atoms with E-state index in [-0.39, 0.29) is 23.5 Å². The number of rotatable bonds is 10. The topological polar surface area (TPSA) is 145 Å². The highest BCUT2D eigenvalue weighted by molar-refractivity contribution is 7.92. The van der Waals surface area contributed by atoms with Crippen LogP contribution in [0.4, 0.5) is 15.0 Å². The summed E-state index contributed by atoms with van der Waals surface area (Å²) in [6.07, 6.45) is -0.508. The number of halogens is 1. The number of oxazole rings is 1. The van der Waals surface area contributed by atoms with Gasteiger partial charge in [-0.05, 0) is 44.9 Å². The minimum Gasteiger partial charge on any atom is -0.448 e. The van der Waals surface area contributed by atoms with Crippen LogP contribution in [0.1, 0.15) is 44.9 Å². The number of fused-ring (bicyclic) bond motifs is 1. The third-order valence-corrected chi connectivity index (χ3v) is 7.74. The van der Waals surface area contributed by atoms with Crippen LogP contribution in [-0.4, -0.2) is 42.8 Å². The molecule has 0 spiro atoms. The van der Waals surface area contributed by atoms with E-state index in [1.54, 1.807) is 13.0 Å². The number of sulfonamides is 1. The van der Waals surface area contributed by atoms with E-state index in [0.29, 0.717) is 13.1 Å². The molecule has 0 aliphatic heterocycles. The maximum absolute atomic E-state index is 15.4. The van der Waals surface area contributed by atoms with Crippen molar-refractivity contribution in [3.63, 3.8) is 0 Å². The molecule has 1 atom stereocenters. The van der Waals surface area contributed by atoms with E-state index >= 15 is 4.39 Å². The molecule has 0 saturated carbocycles. The average Bonchev–Trinajstić information content (AvgIpc) is 3.49. The number of anilines is 1. The predicted molar refractivity (Wildman–Crippen MR) is 150 cm³/mol. The fourth-order valence-corrected chi connectivity index (χ4v) is 5.67. The van der Waals surface area contributed by atoms with Gasteiger partial charge in [-0.2, -0.15) is 0 Å². The van der Waals surface area contributed by atoms with Gasteiger partial charge in [0.1, 0.15) is 12.1 Å². The summed E-state index contributed by atoms with van der Waals surface area (Å²) in [7, 11) is -4.17. The van der Waals surface area contributed by atoms with Gasteiger partial charge in [-0.25, -0.2) is 27.4 Å². The van der Waals surface area contributed by atoms with Crippen LogP contribution < -0.4 is 21.1 Å². The van der Waals surface area contributed by atoms with Crippen LogP contribution in [0.3, 0.4) is 0 Å². The molecule has 2 aromatic carbocycles. The fourth-order valence-electron chi connectivity index (χ4n) is 4.09. The molecule has 11 nitrogen and oxygen atoms in total. The monoisotopic (exact) mass is 591 g/mol. The highest BCUT2D eigenvalue weighted by atomic mass is 32.2. The van der Waals surface area contributed by atoms with E-state index in [0.717, 1.165) is 27.8 Å². The normalized spacial score (nSPS) is 12.8. The molecule has 0 radical (unpaired) electrons. The molecule has 4 rings (SSSR count). The summed E-state index contributed by atoms with van der Waals surface area (Å²) < 4.78 is 54.8. The lowest BCUT2D eigenvalue weighted by Crippen LogP contribution is -2.41. The molecular formula is C26H30FN5O6S2. The zero-order valence-electron chi connectivity index (χ0n) is 22.4. The van der Waals surface area contributed by atoms with Crippen molar-refractivity contribution >= 4 is 44.4 Å². The zero-order valence-corrected chi connectivity index (χ0v) is 24.0. The second-order valence-corrected chi connectivity index (χ2v) is 12.4. The minimum absolute atomic E-state index is 0.100. The van der Waals surface area contributed by atoms with E-state index in [4.69, 9.17) is 9.15 Å². The molecule has 4 aromatic rings. The van der Waals surface area contributed by atoms with Gasteiger partial charge >= 0.3 is 11.8 Å². The number of benzene rings is 2. The predicted octanol–water partition coefficient (Wildman–Crippen LogP) is 4.21. The Kier molecular flexibility index (Phi) is 8.61. The number of carbonyl (C=O) groups excluding carboxylic acids is 1. The van der Waals surface area contributed by atoms with Crippen LogP contribution in [0.2, 0.25) is 0 Å². The first-order valence-electron chi connectivity index (χ1n) is 12.3. The van der Waals surface area contributed by atoms with E-state index < -0.39 is 44.2 Å². The second kappa shape index (κ2) is 11.8. The first-order valence-corrected chi connectivity index (χ1v) is 14.8. The molecule has 2 aromatic heterocycles. The molecule has 1 amide bonds. The summed E-state index contributed by atoms with van der Waals surface area (Å²) in [6, 6.07) is 8.63. The van der Waals surface area contributed by atoms with E-state index in [1.165, 1.54) is 22.2 Å². The summed E-state index contributed by atoms with van der Waals surface area (Å²) in [5.74, 6) is -1.65. The summed E-state index contributed by atoms with van der Waals surface area (Å²) in [5, 5.41) is 7.40. The number of amides is 1. The Morgan fingerprint density at radius 1 is 1.25 bits per heavy atom. The summed E-state index contributed by atoms with van der Waals surface area (Å²) in [6.45, 7) is 8.22. The zero-order chi connectivity index (χ0) is 29.1. The number of alkyl carbamates (subject to hydrolysis) is 1. The number of nitrogens with zero attached hydrogens (tertiary/aromatic N) is 2. The highest BCUT2D eigenvalue weighted by Gasteiger charge is 2.25. The Labute approximate surface area is 234 Å². The largest absolute Gasteiger partial charge is 0.448 e. The number of nitrogens with one attached hydrogen (secondary N) is 3. The van der Waals surface area contributed by atoms with Crippen LogP contribution in [-0.2, 0) is 21.3 Å². The summed E-state index contributed by atoms with van der Waals surface area (Å²) >= 11 is 1.20. The highest BCUT2D eigenvalue weighted by Crippen LogP contribution is 2.29. The lowest BCUT2D eigenvalue weighted by Gasteiger charge is -2.20. The molecule has 3 N–H and O–H groups in total. The standard InChI is InChI=1S/C26H30FN5O6S2/c1-16(19-8-6-5-7-17(19)13-28-9-10-37-24(33)30-26(2,3)4)32-23-20(27)11-18(12-21(23)38-25(32)34)40(35,36)31-22-14-39-15-29-22/h5-8,11-12,14-16,28,31H,9-10,13H2,1-4H3,(H,30,33). The van der Waals surface area contributed by atoms with E-state index in [2.05, 4.69) is 20.3 Å². The summed E-state index contributed by atoms with van der Waals surface area (Å²) in [5.41, 5.74) is 2.27. The van der Waals surface area contributed by atoms with E-state index in [9.17, 15) is 18.0 Å². The maximum atomic E-state index is 15.4. The van der Waals surface area contributed by atoms with Crippen molar-refractivity contribution in [3.8, 4) is 0 Å². The Bertz CT molecular complexity index is 1660. The maximum Gasteiger partial charge on any atom is 0.420 e. The number of aromatic nitrogens is 2. The molecule has 2 heterocycles. The van der Waals surface area contributed by atoms with Crippen LogP contribution in [0.15, 0.2) is 61.4 Å². The molecule has 14 heteroatoms. The SMILES string of the molecule is CC(c1ccccc1CNCCOC(=O)NC(C)(C)C)n1c(=O)oc2cc(S(=O)(=O)Nc3cscn3)cc(F)c21. The smallest absolute Gasteiger partial charge is 0.420 e. The van der Waals surface area contributed by atoms with Crippen LogP contribution in [0, 0.1) is 5.82 Å². The quantitative estimate of drug-likeness (QED) is 0.233. The molecule has 0 fully saturated rings. The Balaban J connectivity index is 1.52. The summed E-state index contributed by atoms with van der Waals surface area (Å²) in [4.78, 5) is 28.2. The Morgan fingerprint density at radius 2 is 2.00 bits per heavy atom. The van der Waals surface area contributed by atoms with Crippen molar-refractivity contribution in [1.29, 1.82) is 0 Å². The van der Waals surface area contributed by atoms with Gasteiger partial charge in [-0.1, -0.05) is 24.3 Å². The Hall–Kier alpha value is -3.75. The van der Waals surface area contributed by atoms with Crippen molar-refractivity contribution < 1.29 is 26.8 Å². The first kappa shape index (κ1) is 29.2. The van der Waals surface area contributed by atoms with Gasteiger partial charge in [0.25, 0.3) is 10.0 Å². The van der Waals surface area contributed by atoms with Gasteiger partial charge in [0.2, 0.25) is 0 Å². The fraction of sp³-hybridized carbons (Fsp3) is 0.346. The van der Waals surface area contributed by atoms with E-state index in [1.807, 2.05) is 39.0 Å². The van der Waals surface area contributed by atoms with Crippen LogP contribution in [0.25, 0.3) is 11.1 Å². The first-order chi connectivity index (χ1) is 18.9. The van der Waals surface area contributed by atoms with Gasteiger partial charge < -0.3 is 19.8 Å². The second-order valence-electron chi connectivity index (χ2n) is 10.0. The van der Waals surface area contributed by atoms with Crippen molar-refractivity contribution in [3.05, 3.63) is 74.8 Å². The van der Waals surface area contributed by atoms with Crippen LogP contribution in [0.5, 0.6) is 0 Å². The molecular weight excluding hydrogens is 561 g/mol. The van der Waals surface area contributed by atoms with Gasteiger partial charge in [0.15, 0.2) is 17.2 Å². The average molecular weight is 592 g/mol. The third-order valence-electron chi connectivity index (χ3n) is 5.82. The molecule has 0 bridgehead atoms. The Morgan fingerprint density at radius 3 is 2.70 bits per heavy atom. The van der Waals surface area contributed by atoms with Gasteiger partial charge in [-0.15, -0.1) is 11.3 Å². The van der Waals surface area contributed by atoms with Crippen molar-refractivity contribution in [1.82, 2.24) is 20.2 Å². The number of thiazole rings is 1. The number of carbonyl (C=O) groups is 1. The lowest BCUT2D eigenvalue weighted by molar-refractivity contribution is 0.138.